The van der Waals surface area contributed by atoms with Crippen LogP contribution in [0.2, 0.25) is 0 Å². The number of fused-ring (bicyclic) bond motifs is 1. The highest BCUT2D eigenvalue weighted by atomic mass is 16.4. The number of aromatic nitrogens is 4. The number of hydrogen-bond acceptors (Lipinski definition) is 9. The minimum Gasteiger partial charge on any atom is -0.481 e. The molecule has 0 saturated carbocycles. The molecule has 12 heteroatoms. The number of amides is 1. The normalized spacial score (nSPS) is 11.7. The molecule has 12 nitrogen and oxygen atoms in total. The minimum absolute atomic E-state index is 0.135. The Morgan fingerprint density at radius 2 is 1.81 bits per heavy atom. The molecule has 0 aliphatic carbocycles. The number of anilines is 2. The number of carbonyl (C=O) groups excluding carboxylic acids is 1. The van der Waals surface area contributed by atoms with Crippen LogP contribution in [-0.2, 0) is 16.1 Å². The van der Waals surface area contributed by atoms with Crippen LogP contribution in [0.25, 0.3) is 11.2 Å². The number of benzene rings is 1. The van der Waals surface area contributed by atoms with E-state index in [-0.39, 0.29) is 24.4 Å². The molecule has 2 heterocycles. The van der Waals surface area contributed by atoms with Crippen LogP contribution < -0.4 is 16.4 Å². The van der Waals surface area contributed by atoms with Crippen molar-refractivity contribution in [3.63, 3.8) is 0 Å². The maximum atomic E-state index is 12.3. The fourth-order valence-corrected chi connectivity index (χ4v) is 2.89. The highest BCUT2D eigenvalue weighted by Crippen LogP contribution is 2.14. The number of aryl methyl sites for hydroxylation is 1. The third-order valence-electron chi connectivity index (χ3n) is 4.52. The van der Waals surface area contributed by atoms with E-state index in [0.29, 0.717) is 34.8 Å². The first-order valence-corrected chi connectivity index (χ1v) is 9.58. The Morgan fingerprint density at radius 1 is 1.09 bits per heavy atom. The predicted molar refractivity (Wildman–Crippen MR) is 114 cm³/mol. The van der Waals surface area contributed by atoms with Crippen LogP contribution in [0.15, 0.2) is 30.5 Å². The molecule has 1 atom stereocenters. The SMILES string of the molecule is Cc1nc(N)nc2ncc(CNc3ccc(C(=O)NC(CCC(=O)O)C(=O)O)cc3)nc12. The molecule has 1 aromatic carbocycles. The van der Waals surface area contributed by atoms with Crippen molar-refractivity contribution < 1.29 is 24.6 Å². The van der Waals surface area contributed by atoms with Crippen molar-refractivity contribution in [3.8, 4) is 0 Å². The molecule has 0 bridgehead atoms. The zero-order chi connectivity index (χ0) is 23.3. The zero-order valence-electron chi connectivity index (χ0n) is 17.1. The lowest BCUT2D eigenvalue weighted by molar-refractivity contribution is -0.140. The topological polar surface area (TPSA) is 193 Å². The van der Waals surface area contributed by atoms with E-state index in [4.69, 9.17) is 15.9 Å². The number of rotatable bonds is 9. The Hall–Kier alpha value is -4.35. The molecule has 3 aromatic rings. The van der Waals surface area contributed by atoms with E-state index in [9.17, 15) is 14.4 Å². The molecule has 1 unspecified atom stereocenters. The van der Waals surface area contributed by atoms with Crippen LogP contribution in [0.4, 0.5) is 11.6 Å². The van der Waals surface area contributed by atoms with Crippen LogP contribution >= 0.6 is 0 Å². The molecule has 6 N–H and O–H groups in total. The summed E-state index contributed by atoms with van der Waals surface area (Å²) in [5, 5.41) is 23.3. The van der Waals surface area contributed by atoms with Crippen molar-refractivity contribution in [1.82, 2.24) is 25.3 Å². The molecular weight excluding hydrogens is 418 g/mol. The first-order valence-electron chi connectivity index (χ1n) is 9.58. The highest BCUT2D eigenvalue weighted by Gasteiger charge is 2.21. The first-order chi connectivity index (χ1) is 15.2. The summed E-state index contributed by atoms with van der Waals surface area (Å²) < 4.78 is 0. The first kappa shape index (κ1) is 22.3. The van der Waals surface area contributed by atoms with Crippen LogP contribution in [0.3, 0.4) is 0 Å². The number of hydrogen-bond donors (Lipinski definition) is 5. The summed E-state index contributed by atoms with van der Waals surface area (Å²) in [5.74, 6) is -2.90. The molecule has 0 saturated heterocycles. The van der Waals surface area contributed by atoms with Gasteiger partial charge in [-0.1, -0.05) is 0 Å². The molecule has 0 fully saturated rings. The Morgan fingerprint density at radius 3 is 2.47 bits per heavy atom. The average molecular weight is 439 g/mol. The minimum atomic E-state index is -1.29. The molecule has 0 spiro atoms. The van der Waals surface area contributed by atoms with Crippen molar-refractivity contribution in [1.29, 1.82) is 0 Å². The monoisotopic (exact) mass is 439 g/mol. The summed E-state index contributed by atoms with van der Waals surface area (Å²) >= 11 is 0. The smallest absolute Gasteiger partial charge is 0.326 e. The van der Waals surface area contributed by atoms with E-state index in [2.05, 4.69) is 30.6 Å². The Kier molecular flexibility index (Phi) is 6.73. The van der Waals surface area contributed by atoms with E-state index in [1.165, 1.54) is 12.1 Å². The molecule has 0 aliphatic rings. The molecule has 1 amide bonds. The maximum absolute atomic E-state index is 12.3. The van der Waals surface area contributed by atoms with Gasteiger partial charge in [0.25, 0.3) is 5.91 Å². The third-order valence-corrected chi connectivity index (χ3v) is 4.52. The van der Waals surface area contributed by atoms with Crippen LogP contribution in [0.1, 0.15) is 34.6 Å². The van der Waals surface area contributed by atoms with Crippen LogP contribution in [0.5, 0.6) is 0 Å². The van der Waals surface area contributed by atoms with E-state index >= 15 is 0 Å². The van der Waals surface area contributed by atoms with Crippen LogP contribution in [0, 0.1) is 6.92 Å². The summed E-state index contributed by atoms with van der Waals surface area (Å²) in [7, 11) is 0. The molecule has 32 heavy (non-hydrogen) atoms. The van der Waals surface area contributed by atoms with Gasteiger partial charge in [-0.25, -0.2) is 19.7 Å². The summed E-state index contributed by atoms with van der Waals surface area (Å²) in [6.07, 6.45) is 1.00. The van der Waals surface area contributed by atoms with E-state index < -0.39 is 23.9 Å². The van der Waals surface area contributed by atoms with Crippen molar-refractivity contribution in [2.75, 3.05) is 11.1 Å². The van der Waals surface area contributed by atoms with Gasteiger partial charge in [0.15, 0.2) is 5.65 Å². The second-order valence-corrected chi connectivity index (χ2v) is 6.93. The maximum Gasteiger partial charge on any atom is 0.326 e. The van der Waals surface area contributed by atoms with Crippen molar-refractivity contribution >= 4 is 40.6 Å². The van der Waals surface area contributed by atoms with Gasteiger partial charge in [0.1, 0.15) is 11.6 Å². The summed E-state index contributed by atoms with van der Waals surface area (Å²) in [6, 6.07) is 5.09. The number of nitrogens with two attached hydrogens (primary N) is 1. The number of carbonyl (C=O) groups is 3. The number of aliphatic carboxylic acids is 2. The summed E-state index contributed by atoms with van der Waals surface area (Å²) in [4.78, 5) is 51.0. The summed E-state index contributed by atoms with van der Waals surface area (Å²) in [6.45, 7) is 2.13. The van der Waals surface area contributed by atoms with E-state index in [0.717, 1.165) is 0 Å². The lowest BCUT2D eigenvalue weighted by Crippen LogP contribution is -2.41. The van der Waals surface area contributed by atoms with Gasteiger partial charge in [-0.05, 0) is 37.6 Å². The summed E-state index contributed by atoms with van der Waals surface area (Å²) in [5.41, 5.74) is 8.81. The van der Waals surface area contributed by atoms with Crippen molar-refractivity contribution in [2.24, 2.45) is 0 Å². The van der Waals surface area contributed by atoms with E-state index in [1.807, 2.05) is 0 Å². The highest BCUT2D eigenvalue weighted by molar-refractivity contribution is 5.96. The number of nitrogens with one attached hydrogen (secondary N) is 2. The molecule has 3 rings (SSSR count). The quantitative estimate of drug-likeness (QED) is 0.319. The van der Waals surface area contributed by atoms with Crippen LogP contribution in [-0.4, -0.2) is 54.0 Å². The van der Waals surface area contributed by atoms with Gasteiger partial charge in [-0.2, -0.15) is 4.98 Å². The van der Waals surface area contributed by atoms with Gasteiger partial charge in [0.2, 0.25) is 5.95 Å². The van der Waals surface area contributed by atoms with Gasteiger partial charge >= 0.3 is 11.9 Å². The second-order valence-electron chi connectivity index (χ2n) is 6.93. The molecule has 166 valence electrons. The molecule has 2 aromatic heterocycles. The number of nitrogen functional groups attached to an aromatic ring is 1. The third kappa shape index (κ3) is 5.62. The lowest BCUT2D eigenvalue weighted by Gasteiger charge is -2.14. The zero-order valence-corrected chi connectivity index (χ0v) is 17.1. The van der Waals surface area contributed by atoms with Gasteiger partial charge in [0, 0.05) is 17.7 Å². The predicted octanol–water partition coefficient (Wildman–Crippen LogP) is 0.970. The lowest BCUT2D eigenvalue weighted by atomic mass is 10.1. The van der Waals surface area contributed by atoms with Gasteiger partial charge in [-0.15, -0.1) is 0 Å². The standard InChI is InChI=1S/C20H21N7O5/c1-10-16-17(27-20(21)24-10)23-9-13(25-16)8-22-12-4-2-11(3-5-12)18(30)26-14(19(31)32)6-7-15(28)29/h2-5,9,14,22H,6-8H2,1H3,(H,26,30)(H,28,29)(H,31,32)(H2,21,23,24,27). The number of nitrogens with zero attached hydrogens (tertiary/aromatic N) is 4. The molecular formula is C20H21N7O5. The Labute approximate surface area is 181 Å². The Bertz CT molecular complexity index is 1170. The van der Waals surface area contributed by atoms with E-state index in [1.54, 1.807) is 25.3 Å². The number of carboxylic acids is 2. The Balaban J connectivity index is 1.62. The second kappa shape index (κ2) is 9.64. The fourth-order valence-electron chi connectivity index (χ4n) is 2.89. The van der Waals surface area contributed by atoms with Gasteiger partial charge in [-0.3, -0.25) is 9.59 Å². The largest absolute Gasteiger partial charge is 0.481 e. The average Bonchev–Trinajstić information content (AvgIpc) is 2.75. The molecule has 0 aliphatic heterocycles. The van der Waals surface area contributed by atoms with Crippen molar-refractivity contribution in [2.45, 2.75) is 32.4 Å². The van der Waals surface area contributed by atoms with Gasteiger partial charge in [0.05, 0.1) is 24.1 Å². The van der Waals surface area contributed by atoms with Gasteiger partial charge < -0.3 is 26.6 Å². The number of carboxylic acid groups (broad SMARTS) is 2. The molecule has 0 radical (unpaired) electrons. The fraction of sp³-hybridized carbons (Fsp3) is 0.250. The van der Waals surface area contributed by atoms with Crippen molar-refractivity contribution in [3.05, 3.63) is 47.4 Å².